The van der Waals surface area contributed by atoms with Gasteiger partial charge in [-0.2, -0.15) is 36.9 Å². The average Bonchev–Trinajstić information content (AvgIpc) is 3.34. The van der Waals surface area contributed by atoms with E-state index < -0.39 is 85.9 Å². The SMILES string of the molecule is CC[C@@]1(C)OC(C)(C)C(C)(NC(=O)C(F)(F)F)C1(C)OP(OCCC#N)N(C(C)C)C(C)C.CC[C@@]1(C)OC(C)(C)C(C)(NC(=O)C(F)(F)F)C1(C)OP(OCCC#N)N(C(C)C)C(C)C. The zero-order valence-corrected chi connectivity index (χ0v) is 44.6. The lowest BCUT2D eigenvalue weighted by molar-refractivity contribution is -0.179. The van der Waals surface area contributed by atoms with Crippen LogP contribution in [-0.2, 0) is 37.2 Å². The third-order valence-electron chi connectivity index (χ3n) is 13.7. The summed E-state index contributed by atoms with van der Waals surface area (Å²) >= 11 is 0. The highest BCUT2D eigenvalue weighted by molar-refractivity contribution is 7.45. The summed E-state index contributed by atoms with van der Waals surface area (Å²) in [5.74, 6) is -4.12. The van der Waals surface area contributed by atoms with Gasteiger partial charge in [0.1, 0.15) is 11.2 Å². The standard InChI is InChI=1S/2C22H39F3N3O4P/c2*1-11-19(8)21(10,20(9,18(6,7)31-19)27-17(29)22(23,24)25)32-33(30-14-12-13-26)28(15(2)3)16(4)5/h2*15-16H,11-12,14H2,1-10H3,(H,27,29)/t2*19-,20?,21?,33?/m11/s1. The maximum Gasteiger partial charge on any atom is 0.471 e. The molecule has 0 saturated carbocycles. The molecule has 8 atom stereocenters. The Kier molecular flexibility index (Phi) is 21.1. The molecule has 2 rings (SSSR count). The molecule has 2 amide bonds. The van der Waals surface area contributed by atoms with Gasteiger partial charge in [0.25, 0.3) is 17.1 Å². The zero-order chi connectivity index (χ0) is 52.1. The molecule has 2 aliphatic heterocycles. The number of halogens is 6. The van der Waals surface area contributed by atoms with E-state index in [0.717, 1.165) is 0 Å². The highest BCUT2D eigenvalue weighted by atomic mass is 31.2. The molecular weight excluding hydrogens is 916 g/mol. The van der Waals surface area contributed by atoms with Gasteiger partial charge in [0.05, 0.1) is 71.7 Å². The van der Waals surface area contributed by atoms with Crippen LogP contribution in [0.2, 0.25) is 0 Å². The van der Waals surface area contributed by atoms with E-state index in [0.29, 0.717) is 12.8 Å². The quantitative estimate of drug-likeness (QED) is 0.0674. The van der Waals surface area contributed by atoms with E-state index in [9.17, 15) is 35.9 Å². The minimum atomic E-state index is -5.07. The molecule has 0 radical (unpaired) electrons. The van der Waals surface area contributed by atoms with Crippen molar-refractivity contribution in [3.8, 4) is 12.1 Å². The summed E-state index contributed by atoms with van der Waals surface area (Å²) in [5.41, 5.74) is -10.5. The Bertz CT molecular complexity index is 1590. The number of ether oxygens (including phenoxy) is 2. The number of carbonyl (C=O) groups is 2. The molecule has 0 aromatic heterocycles. The lowest BCUT2D eigenvalue weighted by atomic mass is 9.67. The number of rotatable bonds is 20. The molecule has 66 heavy (non-hydrogen) atoms. The maximum atomic E-state index is 13.3. The minimum Gasteiger partial charge on any atom is -0.364 e. The van der Waals surface area contributed by atoms with Crippen LogP contribution in [0.5, 0.6) is 0 Å². The van der Waals surface area contributed by atoms with Gasteiger partial charge in [-0.05, 0) is 137 Å². The van der Waals surface area contributed by atoms with Gasteiger partial charge in [0.2, 0.25) is 0 Å². The summed E-state index contributed by atoms with van der Waals surface area (Å²) in [4.78, 5) is 24.3. The molecule has 0 aromatic carbocycles. The smallest absolute Gasteiger partial charge is 0.364 e. The first kappa shape index (κ1) is 62.1. The number of nitriles is 2. The second-order valence-corrected chi connectivity index (χ2v) is 22.6. The topological polar surface area (TPSA) is 168 Å². The molecule has 2 heterocycles. The molecule has 2 N–H and O–H groups in total. The maximum absolute atomic E-state index is 13.3. The highest BCUT2D eigenvalue weighted by Crippen LogP contribution is 2.63. The summed E-state index contributed by atoms with van der Waals surface area (Å²) in [6.07, 6.45) is -9.04. The largest absolute Gasteiger partial charge is 0.471 e. The Labute approximate surface area is 392 Å². The van der Waals surface area contributed by atoms with Gasteiger partial charge in [-0.15, -0.1) is 0 Å². The van der Waals surface area contributed by atoms with Gasteiger partial charge in [-0.1, -0.05) is 13.8 Å². The molecule has 0 bridgehead atoms. The molecule has 2 fully saturated rings. The van der Waals surface area contributed by atoms with Crippen LogP contribution < -0.4 is 10.6 Å². The van der Waals surface area contributed by atoms with Crippen molar-refractivity contribution in [1.29, 1.82) is 10.5 Å². The molecular formula is C44H78F6N6O8P2. The van der Waals surface area contributed by atoms with Gasteiger partial charge >= 0.3 is 24.2 Å². The van der Waals surface area contributed by atoms with Crippen molar-refractivity contribution in [2.75, 3.05) is 13.2 Å². The summed E-state index contributed by atoms with van der Waals surface area (Å²) in [5, 5.41) is 22.3. The number of nitrogens with zero attached hydrogens (tertiary/aromatic N) is 4. The van der Waals surface area contributed by atoms with Crippen molar-refractivity contribution < 1.29 is 63.5 Å². The monoisotopic (exact) mass is 995 g/mol. The number of hydrogen-bond acceptors (Lipinski definition) is 12. The van der Waals surface area contributed by atoms with E-state index in [1.54, 1.807) is 55.4 Å². The van der Waals surface area contributed by atoms with Crippen LogP contribution in [0.3, 0.4) is 0 Å². The molecule has 2 aliphatic rings. The Hall–Kier alpha value is -1.96. The van der Waals surface area contributed by atoms with E-state index in [1.807, 2.05) is 90.7 Å². The van der Waals surface area contributed by atoms with Gasteiger partial charge in [-0.3, -0.25) is 9.59 Å². The van der Waals surface area contributed by atoms with E-state index >= 15 is 0 Å². The lowest BCUT2D eigenvalue weighted by Crippen LogP contribution is -2.71. The number of amides is 2. The molecule has 22 heteroatoms. The molecule has 0 aromatic rings. The van der Waals surface area contributed by atoms with E-state index in [-0.39, 0.29) is 50.2 Å². The van der Waals surface area contributed by atoms with Gasteiger partial charge < -0.3 is 38.2 Å². The Morgan fingerprint density at radius 2 is 0.833 bits per heavy atom. The van der Waals surface area contributed by atoms with Crippen molar-refractivity contribution in [2.45, 2.75) is 245 Å². The fourth-order valence-corrected chi connectivity index (χ4v) is 12.9. The molecule has 14 nitrogen and oxygen atoms in total. The van der Waals surface area contributed by atoms with Crippen LogP contribution in [0.15, 0.2) is 0 Å². The normalized spacial score (nSPS) is 30.6. The predicted molar refractivity (Wildman–Crippen MR) is 242 cm³/mol. The van der Waals surface area contributed by atoms with Crippen LogP contribution >= 0.6 is 17.1 Å². The first-order valence-electron chi connectivity index (χ1n) is 22.4. The second-order valence-electron chi connectivity index (χ2n) is 19.9. The number of nitrogens with one attached hydrogen (secondary N) is 2. The fourth-order valence-electron chi connectivity index (χ4n) is 8.94. The Balaban J connectivity index is 0.000000660. The second kappa shape index (κ2) is 22.4. The Morgan fingerprint density at radius 3 is 1.03 bits per heavy atom. The van der Waals surface area contributed by atoms with Crippen LogP contribution in [0.25, 0.3) is 0 Å². The van der Waals surface area contributed by atoms with Crippen molar-refractivity contribution >= 4 is 28.9 Å². The summed E-state index contributed by atoms with van der Waals surface area (Å²) < 4.78 is 122. The summed E-state index contributed by atoms with van der Waals surface area (Å²) in [7, 11) is -3.64. The number of hydrogen-bond donors (Lipinski definition) is 2. The van der Waals surface area contributed by atoms with Crippen LogP contribution in [0.4, 0.5) is 26.3 Å². The van der Waals surface area contributed by atoms with E-state index in [2.05, 4.69) is 10.6 Å². The summed E-state index contributed by atoms with van der Waals surface area (Å²) in [6, 6.07) is 4.00. The zero-order valence-electron chi connectivity index (χ0n) is 42.8. The lowest BCUT2D eigenvalue weighted by Gasteiger charge is -2.51. The molecule has 2 saturated heterocycles. The molecule has 6 unspecified atom stereocenters. The van der Waals surface area contributed by atoms with E-state index in [4.69, 9.17) is 38.1 Å². The molecule has 0 aliphatic carbocycles. The van der Waals surface area contributed by atoms with Crippen molar-refractivity contribution in [1.82, 2.24) is 20.0 Å². The Morgan fingerprint density at radius 1 is 0.576 bits per heavy atom. The van der Waals surface area contributed by atoms with Crippen molar-refractivity contribution in [2.24, 2.45) is 0 Å². The number of carbonyl (C=O) groups excluding carboxylic acids is 2. The average molecular weight is 995 g/mol. The van der Waals surface area contributed by atoms with Gasteiger partial charge in [0.15, 0.2) is 0 Å². The minimum absolute atomic E-state index is 0.0129. The van der Waals surface area contributed by atoms with Crippen LogP contribution in [-0.4, -0.2) is 116 Å². The summed E-state index contributed by atoms with van der Waals surface area (Å²) in [6.45, 7) is 36.2. The van der Waals surface area contributed by atoms with Crippen molar-refractivity contribution in [3.63, 3.8) is 0 Å². The van der Waals surface area contributed by atoms with Crippen molar-refractivity contribution in [3.05, 3.63) is 0 Å². The molecule has 384 valence electrons. The number of alkyl halides is 6. The van der Waals surface area contributed by atoms with Gasteiger partial charge in [0, 0.05) is 24.2 Å². The van der Waals surface area contributed by atoms with Gasteiger partial charge in [-0.25, -0.2) is 9.34 Å². The third-order valence-corrected chi connectivity index (χ3v) is 18.2. The van der Waals surface area contributed by atoms with Crippen LogP contribution in [0.1, 0.15) is 164 Å². The molecule has 0 spiro atoms. The first-order valence-corrected chi connectivity index (χ1v) is 24.7. The van der Waals surface area contributed by atoms with E-state index in [1.165, 1.54) is 13.8 Å². The third kappa shape index (κ3) is 12.5. The highest BCUT2D eigenvalue weighted by Gasteiger charge is 2.75. The predicted octanol–water partition coefficient (Wildman–Crippen LogP) is 10.9. The fraction of sp³-hybridized carbons (Fsp3) is 0.909. The first-order chi connectivity index (χ1) is 29.7. The van der Waals surface area contributed by atoms with Crippen LogP contribution in [0, 0.1) is 22.7 Å².